The van der Waals surface area contributed by atoms with E-state index in [1.165, 1.54) is 0 Å². The van der Waals surface area contributed by atoms with Crippen LogP contribution in [0.5, 0.6) is 0 Å². The van der Waals surface area contributed by atoms with E-state index < -0.39 is 0 Å². The third-order valence-corrected chi connectivity index (χ3v) is 2.96. The Hall–Kier alpha value is -0.0800. The van der Waals surface area contributed by atoms with Crippen LogP contribution in [0.3, 0.4) is 0 Å². The molecule has 0 aromatic carbocycles. The van der Waals surface area contributed by atoms with Gasteiger partial charge in [0.2, 0.25) is 0 Å². The van der Waals surface area contributed by atoms with Crippen molar-refractivity contribution in [1.29, 1.82) is 0 Å². The molecule has 0 rings (SSSR count). The fourth-order valence-corrected chi connectivity index (χ4v) is 2.56. The summed E-state index contributed by atoms with van der Waals surface area (Å²) in [7, 11) is 3.59. The van der Waals surface area contributed by atoms with Crippen LogP contribution in [-0.2, 0) is 9.47 Å². The fraction of sp³-hybridized carbons (Fsp3) is 1.00. The van der Waals surface area contributed by atoms with Crippen LogP contribution in [0.25, 0.3) is 0 Å². The summed E-state index contributed by atoms with van der Waals surface area (Å²) >= 11 is 0. The molecule has 0 aliphatic carbocycles. The third-order valence-electron chi connectivity index (χ3n) is 2.96. The van der Waals surface area contributed by atoms with Gasteiger partial charge in [-0.2, -0.15) is 0 Å². The lowest BCUT2D eigenvalue weighted by molar-refractivity contribution is -0.0594. The van der Waals surface area contributed by atoms with E-state index in [0.717, 1.165) is 25.9 Å². The first-order valence-electron chi connectivity index (χ1n) is 6.01. The lowest BCUT2D eigenvalue weighted by atomic mass is 9.76. The second-order valence-corrected chi connectivity index (χ2v) is 5.20. The molecule has 92 valence electrons. The molecule has 0 saturated heterocycles. The van der Waals surface area contributed by atoms with E-state index in [9.17, 15) is 0 Å². The number of hydrogen-bond donors (Lipinski definition) is 0. The van der Waals surface area contributed by atoms with Crippen molar-refractivity contribution in [1.82, 2.24) is 0 Å². The molecule has 0 aliphatic rings. The molecule has 2 heteroatoms. The summed E-state index contributed by atoms with van der Waals surface area (Å²) in [4.78, 5) is 0. The van der Waals surface area contributed by atoms with Gasteiger partial charge in [-0.15, -0.1) is 0 Å². The zero-order chi connectivity index (χ0) is 11.9. The van der Waals surface area contributed by atoms with Crippen molar-refractivity contribution in [3.63, 3.8) is 0 Å². The summed E-state index contributed by atoms with van der Waals surface area (Å²) in [5, 5.41) is 0. The molecule has 0 saturated carbocycles. The van der Waals surface area contributed by atoms with Crippen molar-refractivity contribution >= 4 is 0 Å². The van der Waals surface area contributed by atoms with Crippen LogP contribution in [0.4, 0.5) is 0 Å². The Kier molecular flexibility index (Phi) is 7.20. The van der Waals surface area contributed by atoms with Gasteiger partial charge in [-0.05, 0) is 18.8 Å². The number of hydrogen-bond acceptors (Lipinski definition) is 2. The summed E-state index contributed by atoms with van der Waals surface area (Å²) < 4.78 is 11.0. The highest BCUT2D eigenvalue weighted by molar-refractivity contribution is 4.84. The van der Waals surface area contributed by atoms with Crippen molar-refractivity contribution in [2.24, 2.45) is 11.3 Å². The molecule has 0 aromatic heterocycles. The second kappa shape index (κ2) is 7.24. The molecule has 0 spiro atoms. The van der Waals surface area contributed by atoms with Crippen LogP contribution >= 0.6 is 0 Å². The van der Waals surface area contributed by atoms with Gasteiger partial charge < -0.3 is 9.47 Å². The van der Waals surface area contributed by atoms with E-state index in [0.29, 0.717) is 12.0 Å². The number of methoxy groups -OCH3 is 2. The summed E-state index contributed by atoms with van der Waals surface area (Å²) in [6.07, 6.45) is 3.74. The number of rotatable bonds is 8. The average molecular weight is 216 g/mol. The van der Waals surface area contributed by atoms with Gasteiger partial charge in [0, 0.05) is 19.6 Å². The Bertz CT molecular complexity index is 157. The largest absolute Gasteiger partial charge is 0.384 e. The van der Waals surface area contributed by atoms with E-state index in [2.05, 4.69) is 27.7 Å². The minimum atomic E-state index is 0.147. The molecule has 0 radical (unpaired) electrons. The molecule has 15 heavy (non-hydrogen) atoms. The smallest absolute Gasteiger partial charge is 0.0646 e. The minimum absolute atomic E-state index is 0.147. The van der Waals surface area contributed by atoms with Gasteiger partial charge >= 0.3 is 0 Å². The maximum absolute atomic E-state index is 5.63. The van der Waals surface area contributed by atoms with Crippen LogP contribution in [0, 0.1) is 11.3 Å². The Morgan fingerprint density at radius 1 is 1.20 bits per heavy atom. The zero-order valence-electron chi connectivity index (χ0n) is 11.3. The van der Waals surface area contributed by atoms with Gasteiger partial charge in [-0.3, -0.25) is 0 Å². The van der Waals surface area contributed by atoms with E-state index >= 15 is 0 Å². The first-order chi connectivity index (χ1) is 7.00. The van der Waals surface area contributed by atoms with Gasteiger partial charge in [-0.25, -0.2) is 0 Å². The molecule has 0 bridgehead atoms. The maximum atomic E-state index is 5.63. The van der Waals surface area contributed by atoms with E-state index in [1.807, 2.05) is 7.11 Å². The molecule has 0 heterocycles. The highest BCUT2D eigenvalue weighted by Gasteiger charge is 2.34. The van der Waals surface area contributed by atoms with E-state index in [1.54, 1.807) is 7.11 Å². The summed E-state index contributed by atoms with van der Waals surface area (Å²) in [6, 6.07) is 0. The zero-order valence-corrected chi connectivity index (χ0v) is 11.3. The van der Waals surface area contributed by atoms with Crippen LogP contribution in [0.1, 0.15) is 47.0 Å². The van der Waals surface area contributed by atoms with Crippen LogP contribution in [0.2, 0.25) is 0 Å². The van der Waals surface area contributed by atoms with E-state index in [4.69, 9.17) is 9.47 Å². The molecular formula is C13H28O2. The van der Waals surface area contributed by atoms with E-state index in [-0.39, 0.29) is 5.41 Å². The van der Waals surface area contributed by atoms with Gasteiger partial charge in [-0.1, -0.05) is 34.1 Å². The Balaban J connectivity index is 4.55. The molecule has 0 aliphatic heterocycles. The Morgan fingerprint density at radius 3 is 2.13 bits per heavy atom. The SMILES string of the molecule is CCCC(OC)C(C)(COC)CC(C)C. The molecular weight excluding hydrogens is 188 g/mol. The van der Waals surface area contributed by atoms with Crippen LogP contribution in [-0.4, -0.2) is 26.9 Å². The highest BCUT2D eigenvalue weighted by atomic mass is 16.5. The summed E-state index contributed by atoms with van der Waals surface area (Å²) in [5.41, 5.74) is 0.147. The predicted molar refractivity (Wildman–Crippen MR) is 65.1 cm³/mol. The topological polar surface area (TPSA) is 18.5 Å². The molecule has 0 fully saturated rings. The van der Waals surface area contributed by atoms with Gasteiger partial charge in [0.05, 0.1) is 12.7 Å². The Labute approximate surface area is 95.3 Å². The van der Waals surface area contributed by atoms with Crippen molar-refractivity contribution in [3.05, 3.63) is 0 Å². The predicted octanol–water partition coefficient (Wildman–Crippen LogP) is 3.50. The quantitative estimate of drug-likeness (QED) is 0.618. The number of ether oxygens (including phenoxy) is 2. The lowest BCUT2D eigenvalue weighted by Gasteiger charge is -2.37. The first-order valence-corrected chi connectivity index (χ1v) is 6.01. The second-order valence-electron chi connectivity index (χ2n) is 5.20. The van der Waals surface area contributed by atoms with Crippen LogP contribution < -0.4 is 0 Å². The van der Waals surface area contributed by atoms with Gasteiger partial charge in [0.15, 0.2) is 0 Å². The molecule has 2 unspecified atom stereocenters. The van der Waals surface area contributed by atoms with Crippen molar-refractivity contribution in [3.8, 4) is 0 Å². The normalized spacial score (nSPS) is 17.8. The minimum Gasteiger partial charge on any atom is -0.384 e. The van der Waals surface area contributed by atoms with Crippen molar-refractivity contribution in [2.75, 3.05) is 20.8 Å². The first kappa shape index (κ1) is 14.9. The standard InChI is InChI=1S/C13H28O2/c1-7-8-12(15-6)13(4,10-14-5)9-11(2)3/h11-12H,7-10H2,1-6H3. The maximum Gasteiger partial charge on any atom is 0.0646 e. The monoisotopic (exact) mass is 216 g/mol. The molecule has 0 amide bonds. The lowest BCUT2D eigenvalue weighted by Crippen LogP contribution is -2.39. The average Bonchev–Trinajstić information content (AvgIpc) is 2.12. The van der Waals surface area contributed by atoms with Gasteiger partial charge in [0.25, 0.3) is 0 Å². The third kappa shape index (κ3) is 4.98. The molecule has 0 N–H and O–H groups in total. The molecule has 0 aromatic rings. The fourth-order valence-electron chi connectivity index (χ4n) is 2.56. The molecule has 2 nitrogen and oxygen atoms in total. The highest BCUT2D eigenvalue weighted by Crippen LogP contribution is 2.34. The van der Waals surface area contributed by atoms with Crippen LogP contribution in [0.15, 0.2) is 0 Å². The summed E-state index contributed by atoms with van der Waals surface area (Å²) in [6.45, 7) is 9.78. The molecule has 2 atom stereocenters. The van der Waals surface area contributed by atoms with Crippen molar-refractivity contribution < 1.29 is 9.47 Å². The Morgan fingerprint density at radius 2 is 1.80 bits per heavy atom. The van der Waals surface area contributed by atoms with Crippen molar-refractivity contribution in [2.45, 2.75) is 53.1 Å². The summed E-state index contributed by atoms with van der Waals surface area (Å²) in [5.74, 6) is 0.680. The van der Waals surface area contributed by atoms with Gasteiger partial charge in [0.1, 0.15) is 0 Å².